The second kappa shape index (κ2) is 5.36. The number of hydrogen-bond donors (Lipinski definition) is 3. The van der Waals surface area contributed by atoms with Crippen molar-refractivity contribution in [2.24, 2.45) is 0 Å². The second-order valence-electron chi connectivity index (χ2n) is 3.47. The topological polar surface area (TPSA) is 95.6 Å². The molecule has 0 unspecified atom stereocenters. The first kappa shape index (κ1) is 12.8. The van der Waals surface area contributed by atoms with Crippen LogP contribution < -0.4 is 10.6 Å². The average Bonchev–Trinajstić information content (AvgIpc) is 2.91. The molecule has 2 rings (SSSR count). The lowest BCUT2D eigenvalue weighted by Crippen LogP contribution is -2.20. The van der Waals surface area contributed by atoms with Crippen LogP contribution in [0.2, 0.25) is 0 Å². The zero-order valence-corrected chi connectivity index (χ0v) is 11.7. The van der Waals surface area contributed by atoms with Crippen LogP contribution in [-0.4, -0.2) is 31.8 Å². The van der Waals surface area contributed by atoms with Gasteiger partial charge in [0.05, 0.1) is 17.1 Å². The van der Waals surface area contributed by atoms with Crippen LogP contribution in [0.5, 0.6) is 0 Å². The summed E-state index contributed by atoms with van der Waals surface area (Å²) in [4.78, 5) is 15.9. The first-order valence-electron chi connectivity index (χ1n) is 5.07. The van der Waals surface area contributed by atoms with Crippen LogP contribution in [0.25, 0.3) is 0 Å². The van der Waals surface area contributed by atoms with E-state index in [9.17, 15) is 4.79 Å². The first-order chi connectivity index (χ1) is 8.60. The summed E-state index contributed by atoms with van der Waals surface area (Å²) in [5, 5.41) is 13.3. The molecule has 2 amide bonds. The monoisotopic (exact) mass is 284 g/mol. The number of thioether (sulfide) groups is 1. The number of anilines is 2. The summed E-state index contributed by atoms with van der Waals surface area (Å²) in [5.74, 6) is 0. The van der Waals surface area contributed by atoms with Crippen LogP contribution in [0.4, 0.5) is 15.6 Å². The summed E-state index contributed by atoms with van der Waals surface area (Å²) in [6.07, 6.45) is 1.88. The molecule has 2 aromatic heterocycles. The minimum atomic E-state index is -0.355. The highest BCUT2D eigenvalue weighted by Crippen LogP contribution is 2.19. The van der Waals surface area contributed by atoms with Crippen molar-refractivity contribution in [2.45, 2.75) is 19.0 Å². The number of carbonyl (C=O) groups is 1. The van der Waals surface area contributed by atoms with Gasteiger partial charge in [-0.3, -0.25) is 10.4 Å². The highest BCUT2D eigenvalue weighted by Gasteiger charge is 2.12. The number of H-pyrrole nitrogens is 1. The van der Waals surface area contributed by atoms with Gasteiger partial charge in [-0.25, -0.2) is 4.79 Å². The van der Waals surface area contributed by atoms with E-state index >= 15 is 0 Å². The molecule has 0 spiro atoms. The molecular weight excluding hydrogens is 272 g/mol. The third-order valence-corrected chi connectivity index (χ3v) is 3.47. The maximum atomic E-state index is 11.8. The molecule has 2 aromatic rings. The lowest BCUT2D eigenvalue weighted by Gasteiger charge is -2.04. The summed E-state index contributed by atoms with van der Waals surface area (Å²) in [6.45, 7) is 3.66. The number of urea groups is 1. The van der Waals surface area contributed by atoms with Crippen molar-refractivity contribution in [3.63, 3.8) is 0 Å². The fourth-order valence-electron chi connectivity index (χ4n) is 1.32. The maximum absolute atomic E-state index is 11.8. The Bertz CT molecular complexity index is 544. The molecule has 18 heavy (non-hydrogen) atoms. The van der Waals surface area contributed by atoms with Crippen LogP contribution in [0.15, 0.2) is 5.16 Å². The number of nitrogens with one attached hydrogen (secondary N) is 3. The molecule has 2 heterocycles. The van der Waals surface area contributed by atoms with Gasteiger partial charge in [-0.2, -0.15) is 14.5 Å². The smallest absolute Gasteiger partial charge is 0.304 e. The Kier molecular flexibility index (Phi) is 3.82. The number of aromatic amines is 1. The van der Waals surface area contributed by atoms with Crippen LogP contribution in [-0.2, 0) is 0 Å². The van der Waals surface area contributed by atoms with Gasteiger partial charge in [0.15, 0.2) is 0 Å². The lowest BCUT2D eigenvalue weighted by molar-refractivity contribution is 0.262. The Morgan fingerprint density at radius 2 is 2.17 bits per heavy atom. The summed E-state index contributed by atoms with van der Waals surface area (Å²) < 4.78 is 4.05. The lowest BCUT2D eigenvalue weighted by atomic mass is 10.3. The Balaban J connectivity index is 2.01. The number of aryl methyl sites for hydroxylation is 2. The minimum Gasteiger partial charge on any atom is -0.304 e. The van der Waals surface area contributed by atoms with E-state index < -0.39 is 0 Å². The molecule has 0 radical (unpaired) electrons. The predicted octanol–water partition coefficient (Wildman–Crippen LogP) is 2.24. The summed E-state index contributed by atoms with van der Waals surface area (Å²) in [6, 6.07) is -0.355. The van der Waals surface area contributed by atoms with Gasteiger partial charge in [0.25, 0.3) is 0 Å². The fourth-order valence-corrected chi connectivity index (χ4v) is 2.44. The third kappa shape index (κ3) is 2.79. The van der Waals surface area contributed by atoms with E-state index in [0.717, 1.165) is 22.9 Å². The molecule has 0 bridgehead atoms. The second-order valence-corrected chi connectivity index (χ2v) is 5.00. The Morgan fingerprint density at radius 3 is 2.72 bits per heavy atom. The Morgan fingerprint density at radius 1 is 1.39 bits per heavy atom. The largest absolute Gasteiger partial charge is 0.325 e. The van der Waals surface area contributed by atoms with Gasteiger partial charge in [-0.15, -0.1) is 0 Å². The molecule has 0 aliphatic carbocycles. The van der Waals surface area contributed by atoms with Gasteiger partial charge in [0.2, 0.25) is 10.3 Å². The summed E-state index contributed by atoms with van der Waals surface area (Å²) in [5.41, 5.74) is 2.23. The number of carbonyl (C=O) groups excluding carboxylic acids is 1. The quantitative estimate of drug-likeness (QED) is 0.751. The molecule has 0 aliphatic heterocycles. The van der Waals surface area contributed by atoms with Gasteiger partial charge >= 0.3 is 6.03 Å². The average molecular weight is 284 g/mol. The van der Waals surface area contributed by atoms with Crippen molar-refractivity contribution in [2.75, 3.05) is 16.9 Å². The van der Waals surface area contributed by atoms with Crippen molar-refractivity contribution in [1.29, 1.82) is 0 Å². The number of rotatable bonds is 3. The van der Waals surface area contributed by atoms with E-state index in [-0.39, 0.29) is 6.03 Å². The van der Waals surface area contributed by atoms with Crippen molar-refractivity contribution in [1.82, 2.24) is 19.6 Å². The number of aromatic nitrogens is 4. The molecule has 0 saturated heterocycles. The van der Waals surface area contributed by atoms with Crippen LogP contribution in [0.3, 0.4) is 0 Å². The molecule has 3 N–H and O–H groups in total. The Hall–Kier alpha value is -1.61. The standard InChI is InChI=1S/C9H12N6OS2/c1-4-6(5(2)14-13-4)10-7(16)11-8-12-9(17-3)15-18-8/h1-3H3,(H,13,14)(H2,10,11,12,15,16). The highest BCUT2D eigenvalue weighted by atomic mass is 32.2. The van der Waals surface area contributed by atoms with Gasteiger partial charge in [0.1, 0.15) is 0 Å². The molecule has 0 aliphatic rings. The van der Waals surface area contributed by atoms with E-state index in [1.54, 1.807) is 0 Å². The molecule has 7 nitrogen and oxygen atoms in total. The molecule has 9 heteroatoms. The summed E-state index contributed by atoms with van der Waals surface area (Å²) >= 11 is 2.57. The Labute approximate surface area is 112 Å². The summed E-state index contributed by atoms with van der Waals surface area (Å²) in [7, 11) is 0. The zero-order valence-electron chi connectivity index (χ0n) is 10.1. The van der Waals surface area contributed by atoms with Crippen LogP contribution in [0, 0.1) is 13.8 Å². The van der Waals surface area contributed by atoms with E-state index in [4.69, 9.17) is 0 Å². The number of nitrogens with zero attached hydrogens (tertiary/aromatic N) is 3. The van der Waals surface area contributed by atoms with Crippen molar-refractivity contribution < 1.29 is 4.79 Å². The van der Waals surface area contributed by atoms with Crippen molar-refractivity contribution >= 4 is 40.1 Å². The molecule has 0 saturated carbocycles. The minimum absolute atomic E-state index is 0.355. The predicted molar refractivity (Wildman–Crippen MR) is 72.4 cm³/mol. The molecular formula is C9H12N6OS2. The maximum Gasteiger partial charge on any atom is 0.325 e. The molecule has 0 atom stereocenters. The van der Waals surface area contributed by atoms with Gasteiger partial charge < -0.3 is 5.32 Å². The van der Waals surface area contributed by atoms with E-state index in [1.807, 2.05) is 20.1 Å². The molecule has 96 valence electrons. The zero-order chi connectivity index (χ0) is 13.1. The van der Waals surface area contributed by atoms with Crippen LogP contribution in [0.1, 0.15) is 11.4 Å². The van der Waals surface area contributed by atoms with Gasteiger partial charge in [0, 0.05) is 11.5 Å². The molecule has 0 aromatic carbocycles. The van der Waals surface area contributed by atoms with Crippen molar-refractivity contribution in [3.8, 4) is 0 Å². The number of hydrogen-bond acceptors (Lipinski definition) is 6. The third-order valence-electron chi connectivity index (χ3n) is 2.18. The van der Waals surface area contributed by atoms with E-state index in [2.05, 4.69) is 30.2 Å². The molecule has 0 fully saturated rings. The van der Waals surface area contributed by atoms with E-state index in [0.29, 0.717) is 16.0 Å². The SMILES string of the molecule is CSc1nsc(NC(=O)Nc2c(C)n[nH]c2C)n1. The normalized spacial score (nSPS) is 10.4. The van der Waals surface area contributed by atoms with Crippen molar-refractivity contribution in [3.05, 3.63) is 11.4 Å². The van der Waals surface area contributed by atoms with Gasteiger partial charge in [-0.05, 0) is 20.1 Å². The van der Waals surface area contributed by atoms with Gasteiger partial charge in [-0.1, -0.05) is 11.8 Å². The first-order valence-corrected chi connectivity index (χ1v) is 7.07. The number of amides is 2. The fraction of sp³-hybridized carbons (Fsp3) is 0.333. The van der Waals surface area contributed by atoms with Crippen LogP contribution >= 0.6 is 23.3 Å². The van der Waals surface area contributed by atoms with E-state index in [1.165, 1.54) is 11.8 Å². The highest BCUT2D eigenvalue weighted by molar-refractivity contribution is 7.98.